The van der Waals surface area contributed by atoms with E-state index in [4.69, 9.17) is 4.74 Å². The van der Waals surface area contributed by atoms with E-state index in [0.29, 0.717) is 6.61 Å². The van der Waals surface area contributed by atoms with Crippen molar-refractivity contribution >= 4 is 0 Å². The van der Waals surface area contributed by atoms with Crippen LogP contribution in [-0.2, 0) is 11.2 Å². The van der Waals surface area contributed by atoms with Gasteiger partial charge in [0.2, 0.25) is 0 Å². The molecule has 0 fully saturated rings. The molecular formula is C14H22F2N2O. The van der Waals surface area contributed by atoms with Crippen LogP contribution in [0.25, 0.3) is 0 Å². The zero-order valence-electron chi connectivity index (χ0n) is 11.3. The van der Waals surface area contributed by atoms with Crippen LogP contribution in [-0.4, -0.2) is 37.2 Å². The lowest BCUT2D eigenvalue weighted by Crippen LogP contribution is -2.33. The lowest BCUT2D eigenvalue weighted by molar-refractivity contribution is 0.0144. The van der Waals surface area contributed by atoms with Crippen LogP contribution >= 0.6 is 0 Å². The molecule has 0 saturated heterocycles. The monoisotopic (exact) mass is 272 g/mol. The van der Waals surface area contributed by atoms with Gasteiger partial charge in [0.25, 0.3) is 6.43 Å². The van der Waals surface area contributed by atoms with Gasteiger partial charge in [-0.3, -0.25) is 4.98 Å². The number of ether oxygens (including phenoxy) is 1. The minimum atomic E-state index is -2.39. The topological polar surface area (TPSA) is 34.1 Å². The van der Waals surface area contributed by atoms with Gasteiger partial charge in [0.05, 0.1) is 0 Å². The number of aromatic nitrogens is 1. The Balaban J connectivity index is 2.34. The summed E-state index contributed by atoms with van der Waals surface area (Å²) in [7, 11) is 0. The molecule has 5 heteroatoms. The summed E-state index contributed by atoms with van der Waals surface area (Å²) in [6, 6.07) is 4.20. The van der Waals surface area contributed by atoms with Crippen LogP contribution in [0, 0.1) is 0 Å². The third-order valence-electron chi connectivity index (χ3n) is 2.77. The van der Waals surface area contributed by atoms with Crippen molar-refractivity contribution in [3.63, 3.8) is 0 Å². The first-order valence-corrected chi connectivity index (χ1v) is 6.70. The average molecular weight is 272 g/mol. The first-order chi connectivity index (χ1) is 9.22. The molecule has 0 aliphatic rings. The van der Waals surface area contributed by atoms with Crippen molar-refractivity contribution in [2.45, 2.75) is 38.7 Å². The van der Waals surface area contributed by atoms with Crippen LogP contribution < -0.4 is 5.32 Å². The lowest BCUT2D eigenvalue weighted by atomic mass is 10.0. The Morgan fingerprint density at radius 3 is 2.68 bits per heavy atom. The molecule has 1 N–H and O–H groups in total. The van der Waals surface area contributed by atoms with Crippen LogP contribution in [0.5, 0.6) is 0 Å². The Hall–Kier alpha value is -1.07. The van der Waals surface area contributed by atoms with Crippen LogP contribution in [0.1, 0.15) is 25.3 Å². The predicted octanol–water partition coefficient (Wildman–Crippen LogP) is 2.66. The Kier molecular flexibility index (Phi) is 8.25. The van der Waals surface area contributed by atoms with Gasteiger partial charge < -0.3 is 10.1 Å². The van der Waals surface area contributed by atoms with Gasteiger partial charge in [-0.15, -0.1) is 0 Å². The lowest BCUT2D eigenvalue weighted by Gasteiger charge is -2.18. The summed E-state index contributed by atoms with van der Waals surface area (Å²) in [6.07, 6.45) is 3.78. The van der Waals surface area contributed by atoms with Gasteiger partial charge in [0.1, 0.15) is 6.61 Å². The minimum Gasteiger partial charge on any atom is -0.375 e. The van der Waals surface area contributed by atoms with E-state index in [9.17, 15) is 8.78 Å². The van der Waals surface area contributed by atoms with E-state index in [1.807, 2.05) is 12.1 Å². The maximum absolute atomic E-state index is 12.0. The molecule has 0 spiro atoms. The molecule has 1 aromatic rings. The summed E-state index contributed by atoms with van der Waals surface area (Å²) in [4.78, 5) is 3.98. The predicted molar refractivity (Wildman–Crippen MR) is 71.5 cm³/mol. The number of nitrogens with one attached hydrogen (secondary N) is 1. The third-order valence-corrected chi connectivity index (χ3v) is 2.77. The molecule has 0 amide bonds. The zero-order valence-corrected chi connectivity index (χ0v) is 11.3. The fraction of sp³-hybridized carbons (Fsp3) is 0.643. The van der Waals surface area contributed by atoms with Crippen LogP contribution in [0.3, 0.4) is 0 Å². The summed E-state index contributed by atoms with van der Waals surface area (Å²) in [5.41, 5.74) is 1.19. The number of rotatable bonds is 10. The second-order valence-electron chi connectivity index (χ2n) is 4.47. The van der Waals surface area contributed by atoms with Crippen molar-refractivity contribution in [1.82, 2.24) is 10.3 Å². The molecule has 0 aliphatic heterocycles. The van der Waals surface area contributed by atoms with Crippen LogP contribution in [0.15, 0.2) is 24.5 Å². The van der Waals surface area contributed by atoms with Crippen molar-refractivity contribution in [3.05, 3.63) is 30.1 Å². The van der Waals surface area contributed by atoms with E-state index in [0.717, 1.165) is 25.8 Å². The highest BCUT2D eigenvalue weighted by atomic mass is 19.3. The molecule has 1 heterocycles. The maximum atomic E-state index is 12.0. The summed E-state index contributed by atoms with van der Waals surface area (Å²) in [5, 5.41) is 3.42. The largest absolute Gasteiger partial charge is 0.375 e. The summed E-state index contributed by atoms with van der Waals surface area (Å²) in [6.45, 7) is 2.90. The van der Waals surface area contributed by atoms with E-state index in [1.165, 1.54) is 5.56 Å². The molecule has 1 unspecified atom stereocenters. The molecule has 0 bridgehead atoms. The van der Waals surface area contributed by atoms with Crippen LogP contribution in [0.2, 0.25) is 0 Å². The van der Waals surface area contributed by atoms with Crippen molar-refractivity contribution < 1.29 is 13.5 Å². The fourth-order valence-corrected chi connectivity index (χ4v) is 1.83. The second kappa shape index (κ2) is 9.81. The van der Waals surface area contributed by atoms with Gasteiger partial charge in [-0.1, -0.05) is 6.92 Å². The van der Waals surface area contributed by atoms with E-state index in [-0.39, 0.29) is 6.04 Å². The quantitative estimate of drug-likeness (QED) is 0.665. The van der Waals surface area contributed by atoms with E-state index < -0.39 is 13.0 Å². The van der Waals surface area contributed by atoms with Gasteiger partial charge in [0.15, 0.2) is 0 Å². The Labute approximate surface area is 113 Å². The molecule has 0 aliphatic carbocycles. The number of hydrogen-bond donors (Lipinski definition) is 1. The van der Waals surface area contributed by atoms with Gasteiger partial charge >= 0.3 is 0 Å². The summed E-state index contributed by atoms with van der Waals surface area (Å²) >= 11 is 0. The first kappa shape index (κ1) is 16.0. The number of alkyl halides is 2. The molecular weight excluding hydrogens is 250 g/mol. The molecule has 0 aromatic carbocycles. The molecule has 19 heavy (non-hydrogen) atoms. The Bertz CT molecular complexity index is 322. The maximum Gasteiger partial charge on any atom is 0.261 e. The molecule has 1 atom stereocenters. The van der Waals surface area contributed by atoms with Crippen molar-refractivity contribution in [2.75, 3.05) is 19.8 Å². The highest BCUT2D eigenvalue weighted by Gasteiger charge is 2.10. The molecule has 108 valence electrons. The summed E-state index contributed by atoms with van der Waals surface area (Å²) < 4.78 is 28.9. The third kappa shape index (κ3) is 7.85. The first-order valence-electron chi connectivity index (χ1n) is 6.70. The number of pyridine rings is 1. The minimum absolute atomic E-state index is 0.250. The van der Waals surface area contributed by atoms with E-state index in [1.54, 1.807) is 12.4 Å². The SMILES string of the molecule is CCCNC(CCOCC(F)F)Cc1ccncc1. The second-order valence-corrected chi connectivity index (χ2v) is 4.47. The zero-order chi connectivity index (χ0) is 13.9. The van der Waals surface area contributed by atoms with Crippen molar-refractivity contribution in [2.24, 2.45) is 0 Å². The molecule has 1 rings (SSSR count). The Morgan fingerprint density at radius 1 is 1.32 bits per heavy atom. The standard InChI is InChI=1S/C14H22F2N2O/c1-2-6-18-13(5-9-19-11-14(15)16)10-12-3-7-17-8-4-12/h3-4,7-8,13-14,18H,2,5-6,9-11H2,1H3. The fourth-order valence-electron chi connectivity index (χ4n) is 1.83. The van der Waals surface area contributed by atoms with Gasteiger partial charge in [0, 0.05) is 25.0 Å². The normalized spacial score (nSPS) is 12.8. The molecule has 0 saturated carbocycles. The molecule has 1 aromatic heterocycles. The van der Waals surface area contributed by atoms with Gasteiger partial charge in [-0.2, -0.15) is 0 Å². The van der Waals surface area contributed by atoms with E-state index >= 15 is 0 Å². The van der Waals surface area contributed by atoms with Crippen molar-refractivity contribution in [3.8, 4) is 0 Å². The van der Waals surface area contributed by atoms with Gasteiger partial charge in [-0.05, 0) is 43.5 Å². The van der Waals surface area contributed by atoms with E-state index in [2.05, 4.69) is 17.2 Å². The Morgan fingerprint density at radius 2 is 2.05 bits per heavy atom. The average Bonchev–Trinajstić information content (AvgIpc) is 2.41. The molecule has 0 radical (unpaired) electrons. The number of halogens is 2. The van der Waals surface area contributed by atoms with Gasteiger partial charge in [-0.25, -0.2) is 8.78 Å². The summed E-state index contributed by atoms with van der Waals surface area (Å²) in [5.74, 6) is 0. The highest BCUT2D eigenvalue weighted by Crippen LogP contribution is 2.06. The smallest absolute Gasteiger partial charge is 0.261 e. The number of nitrogens with zero attached hydrogens (tertiary/aromatic N) is 1. The highest BCUT2D eigenvalue weighted by molar-refractivity contribution is 5.11. The number of hydrogen-bond acceptors (Lipinski definition) is 3. The molecule has 3 nitrogen and oxygen atoms in total. The van der Waals surface area contributed by atoms with Crippen LogP contribution in [0.4, 0.5) is 8.78 Å². The van der Waals surface area contributed by atoms with Crippen molar-refractivity contribution in [1.29, 1.82) is 0 Å².